The third kappa shape index (κ3) is 6.71. The predicted molar refractivity (Wildman–Crippen MR) is 63.3 cm³/mol. The van der Waals surface area contributed by atoms with Gasteiger partial charge in [-0.15, -0.1) is 0 Å². The Balaban J connectivity index is 0.000000494. The molecule has 0 aliphatic heterocycles. The maximum Gasteiger partial charge on any atom is 0.310 e. The lowest BCUT2D eigenvalue weighted by molar-refractivity contribution is -0.138. The minimum Gasteiger partial charge on any atom is -0.504 e. The first-order valence-electron chi connectivity index (χ1n) is 4.69. The van der Waals surface area contributed by atoms with Crippen molar-refractivity contribution in [3.05, 3.63) is 23.8 Å². The Labute approximate surface area is 104 Å². The molecule has 1 rings (SSSR count). The van der Waals surface area contributed by atoms with Crippen LogP contribution < -0.4 is 0 Å². The maximum absolute atomic E-state index is 10.6. The second-order valence-corrected chi connectivity index (χ2v) is 5.01. The van der Waals surface area contributed by atoms with Gasteiger partial charge >= 0.3 is 5.97 Å². The predicted octanol–water partition coefficient (Wildman–Crippen LogP) is 0.790. The van der Waals surface area contributed by atoms with E-state index in [-0.39, 0.29) is 11.5 Å². The number of aromatic hydroxyl groups is 2. The third-order valence-electron chi connectivity index (χ3n) is 1.87. The molecule has 0 heterocycles. The van der Waals surface area contributed by atoms with Crippen molar-refractivity contribution in [2.75, 3.05) is 6.26 Å². The molecule has 0 saturated heterocycles. The second-order valence-electron chi connectivity index (χ2n) is 3.54. The van der Waals surface area contributed by atoms with Gasteiger partial charge in [0.2, 0.25) is 0 Å². The number of carboxylic acid groups (broad SMARTS) is 1. The topological polar surface area (TPSA) is 132 Å². The van der Waals surface area contributed by atoms with Crippen molar-refractivity contribution in [3.63, 3.8) is 0 Å². The van der Waals surface area contributed by atoms with Crippen molar-refractivity contribution in [2.45, 2.75) is 12.8 Å². The molecule has 7 nitrogen and oxygen atoms in total. The van der Waals surface area contributed by atoms with Crippen LogP contribution in [0.1, 0.15) is 18.4 Å². The van der Waals surface area contributed by atoms with Crippen LogP contribution in [0, 0.1) is 0 Å². The highest BCUT2D eigenvalue weighted by atomic mass is 32.2. The molecular weight excluding hydrogens is 264 g/mol. The fraction of sp³-hybridized carbons (Fsp3) is 0.300. The molecule has 0 fully saturated rings. The van der Waals surface area contributed by atoms with Crippen LogP contribution in [-0.4, -0.2) is 40.5 Å². The van der Waals surface area contributed by atoms with Gasteiger partial charge in [-0.2, -0.15) is 8.42 Å². The average molecular weight is 278 g/mol. The lowest BCUT2D eigenvalue weighted by Gasteiger charge is -2.07. The molecular formula is C10H14O7S. The summed E-state index contributed by atoms with van der Waals surface area (Å²) in [5.41, 5.74) is 0.461. The number of aliphatic carboxylic acids is 1. The molecule has 102 valence electrons. The number of hydrogen-bond donors (Lipinski definition) is 4. The molecule has 18 heavy (non-hydrogen) atoms. The van der Waals surface area contributed by atoms with E-state index >= 15 is 0 Å². The van der Waals surface area contributed by atoms with Crippen LogP contribution in [0.3, 0.4) is 0 Å². The minimum atomic E-state index is -3.67. The summed E-state index contributed by atoms with van der Waals surface area (Å²) in [6.07, 6.45) is 0.715. The van der Waals surface area contributed by atoms with E-state index in [1.54, 1.807) is 0 Å². The number of phenols is 2. The van der Waals surface area contributed by atoms with E-state index in [1.807, 2.05) is 0 Å². The number of rotatable bonds is 2. The quantitative estimate of drug-likeness (QED) is 0.464. The van der Waals surface area contributed by atoms with Gasteiger partial charge in [0.15, 0.2) is 11.5 Å². The first-order chi connectivity index (χ1) is 8.02. The van der Waals surface area contributed by atoms with E-state index in [1.165, 1.54) is 25.1 Å². The highest BCUT2D eigenvalue weighted by Gasteiger charge is 2.14. The van der Waals surface area contributed by atoms with Gasteiger partial charge in [0, 0.05) is 0 Å². The summed E-state index contributed by atoms with van der Waals surface area (Å²) >= 11 is 0. The SMILES string of the molecule is CC(C(=O)O)c1ccc(O)c(O)c1.CS(=O)(=O)O. The van der Waals surface area contributed by atoms with Gasteiger partial charge in [0.25, 0.3) is 10.1 Å². The Morgan fingerprint density at radius 2 is 1.67 bits per heavy atom. The molecule has 0 aliphatic carbocycles. The molecule has 0 aromatic heterocycles. The van der Waals surface area contributed by atoms with Gasteiger partial charge in [-0.25, -0.2) is 0 Å². The second kappa shape index (κ2) is 6.22. The molecule has 1 aromatic carbocycles. The van der Waals surface area contributed by atoms with E-state index in [4.69, 9.17) is 19.9 Å². The number of carboxylic acids is 1. The smallest absolute Gasteiger partial charge is 0.310 e. The summed E-state index contributed by atoms with van der Waals surface area (Å²) in [6.45, 7) is 1.51. The fourth-order valence-electron chi connectivity index (χ4n) is 0.952. The Morgan fingerprint density at radius 3 is 2.00 bits per heavy atom. The van der Waals surface area contributed by atoms with Crippen LogP contribution in [0.15, 0.2) is 18.2 Å². The molecule has 8 heteroatoms. The maximum atomic E-state index is 10.6. The molecule has 1 unspecified atom stereocenters. The van der Waals surface area contributed by atoms with Gasteiger partial charge in [0.05, 0.1) is 12.2 Å². The Bertz CT molecular complexity index is 513. The summed E-state index contributed by atoms with van der Waals surface area (Å²) in [4.78, 5) is 10.6. The molecule has 0 amide bonds. The van der Waals surface area contributed by atoms with Crippen LogP contribution in [-0.2, 0) is 14.9 Å². The van der Waals surface area contributed by atoms with Crippen LogP contribution >= 0.6 is 0 Å². The summed E-state index contributed by atoms with van der Waals surface area (Å²) < 4.78 is 25.9. The molecule has 0 aliphatic rings. The summed E-state index contributed by atoms with van der Waals surface area (Å²) in [7, 11) is -3.67. The van der Waals surface area contributed by atoms with E-state index < -0.39 is 22.0 Å². The lowest BCUT2D eigenvalue weighted by atomic mass is 10.0. The molecule has 4 N–H and O–H groups in total. The zero-order valence-corrected chi connectivity index (χ0v) is 10.5. The van der Waals surface area contributed by atoms with E-state index in [0.29, 0.717) is 11.8 Å². The van der Waals surface area contributed by atoms with Crippen molar-refractivity contribution in [3.8, 4) is 11.5 Å². The van der Waals surface area contributed by atoms with E-state index in [2.05, 4.69) is 0 Å². The highest BCUT2D eigenvalue weighted by molar-refractivity contribution is 7.85. The zero-order valence-electron chi connectivity index (χ0n) is 9.73. The van der Waals surface area contributed by atoms with Crippen LogP contribution in [0.2, 0.25) is 0 Å². The van der Waals surface area contributed by atoms with Crippen molar-refractivity contribution >= 4 is 16.1 Å². The molecule has 1 aromatic rings. The Morgan fingerprint density at radius 1 is 1.22 bits per heavy atom. The van der Waals surface area contributed by atoms with Gasteiger partial charge in [0.1, 0.15) is 0 Å². The van der Waals surface area contributed by atoms with Crippen LogP contribution in [0.5, 0.6) is 11.5 Å². The summed E-state index contributed by atoms with van der Waals surface area (Å²) in [5, 5.41) is 26.7. The molecule has 0 spiro atoms. The van der Waals surface area contributed by atoms with E-state index in [0.717, 1.165) is 0 Å². The number of benzene rings is 1. The molecule has 0 bridgehead atoms. The number of phenolic OH excluding ortho intramolecular Hbond substituents is 2. The largest absolute Gasteiger partial charge is 0.504 e. The zero-order chi connectivity index (χ0) is 14.5. The standard InChI is InChI=1S/C9H10O4.CH4O3S/c1-5(9(12)13)6-2-3-7(10)8(11)4-6;1-5(2,3)4/h2-5,10-11H,1H3,(H,12,13);1H3,(H,2,3,4). The van der Waals surface area contributed by atoms with Gasteiger partial charge < -0.3 is 15.3 Å². The Hall–Kier alpha value is -1.80. The van der Waals surface area contributed by atoms with Crippen molar-refractivity contribution in [2.24, 2.45) is 0 Å². The van der Waals surface area contributed by atoms with Crippen molar-refractivity contribution in [1.29, 1.82) is 0 Å². The van der Waals surface area contributed by atoms with Gasteiger partial charge in [-0.3, -0.25) is 9.35 Å². The monoisotopic (exact) mass is 278 g/mol. The van der Waals surface area contributed by atoms with Crippen molar-refractivity contribution in [1.82, 2.24) is 0 Å². The summed E-state index contributed by atoms with van der Waals surface area (Å²) in [6, 6.07) is 3.98. The van der Waals surface area contributed by atoms with Crippen LogP contribution in [0.4, 0.5) is 0 Å². The Kier molecular flexibility index (Phi) is 5.60. The van der Waals surface area contributed by atoms with Gasteiger partial charge in [-0.05, 0) is 24.6 Å². The average Bonchev–Trinajstić information content (AvgIpc) is 2.18. The third-order valence-corrected chi connectivity index (χ3v) is 1.87. The minimum absolute atomic E-state index is 0.249. The highest BCUT2D eigenvalue weighted by Crippen LogP contribution is 2.28. The lowest BCUT2D eigenvalue weighted by Crippen LogP contribution is -2.06. The number of hydrogen-bond acceptors (Lipinski definition) is 5. The molecule has 1 atom stereocenters. The van der Waals surface area contributed by atoms with E-state index in [9.17, 15) is 13.2 Å². The first kappa shape index (κ1) is 16.2. The summed E-state index contributed by atoms with van der Waals surface area (Å²) in [5.74, 6) is -2.21. The first-order valence-corrected chi connectivity index (χ1v) is 6.54. The molecule has 0 saturated carbocycles. The van der Waals surface area contributed by atoms with Crippen LogP contribution in [0.25, 0.3) is 0 Å². The molecule has 0 radical (unpaired) electrons. The fourth-order valence-corrected chi connectivity index (χ4v) is 0.952. The normalized spacial score (nSPS) is 12.2. The number of carbonyl (C=O) groups is 1. The van der Waals surface area contributed by atoms with Gasteiger partial charge in [-0.1, -0.05) is 6.07 Å². The van der Waals surface area contributed by atoms with Crippen molar-refractivity contribution < 1.29 is 33.1 Å².